The predicted molar refractivity (Wildman–Crippen MR) is 92.2 cm³/mol. The van der Waals surface area contributed by atoms with E-state index in [9.17, 15) is 9.59 Å². The Labute approximate surface area is 142 Å². The Balaban J connectivity index is 2.40. The Kier molecular flexibility index (Phi) is 5.83. The summed E-state index contributed by atoms with van der Waals surface area (Å²) in [5.41, 5.74) is 1.74. The van der Waals surface area contributed by atoms with Gasteiger partial charge in [0.2, 0.25) is 0 Å². The quantitative estimate of drug-likeness (QED) is 0.725. The van der Waals surface area contributed by atoms with Crippen LogP contribution in [0, 0.1) is 0 Å². The Hall–Kier alpha value is -1.11. The normalized spacial score (nSPS) is 12.5. The third-order valence-corrected chi connectivity index (χ3v) is 5.14. The van der Waals surface area contributed by atoms with Gasteiger partial charge in [0.1, 0.15) is 5.01 Å². The van der Waals surface area contributed by atoms with Gasteiger partial charge >= 0.3 is 5.97 Å². The summed E-state index contributed by atoms with van der Waals surface area (Å²) >= 11 is 11.4. The van der Waals surface area contributed by atoms with Gasteiger partial charge in [0, 0.05) is 5.02 Å². The molecule has 0 saturated carbocycles. The van der Waals surface area contributed by atoms with Crippen molar-refractivity contribution in [3.8, 4) is 0 Å². The fourth-order valence-corrected chi connectivity index (χ4v) is 3.84. The molecule has 0 bridgehead atoms. The van der Waals surface area contributed by atoms with E-state index in [1.165, 1.54) is 11.3 Å². The standard InChI is InChI=1S/C15H16ClNO3S2/c1-2-3-4-8-5-12-11(7-10(8)16)17-14(22-12)9(15(20)21)6-13(18)19/h5,7,9H,2-4,6H2,1H3,(H,18,19)(H,20,21). The third kappa shape index (κ3) is 4.00. The number of thiol groups is 1. The Morgan fingerprint density at radius 2 is 2.18 bits per heavy atom. The van der Waals surface area contributed by atoms with Gasteiger partial charge in [-0.15, -0.1) is 24.0 Å². The first-order valence-corrected chi connectivity index (χ1v) is 8.60. The molecule has 1 aromatic heterocycles. The van der Waals surface area contributed by atoms with Crippen molar-refractivity contribution in [1.29, 1.82) is 0 Å². The fourth-order valence-electron chi connectivity index (χ4n) is 2.17. The monoisotopic (exact) mass is 357 g/mol. The van der Waals surface area contributed by atoms with Gasteiger partial charge < -0.3 is 5.11 Å². The summed E-state index contributed by atoms with van der Waals surface area (Å²) in [6.45, 7) is 2.12. The molecule has 7 heteroatoms. The van der Waals surface area contributed by atoms with Crippen LogP contribution in [0.3, 0.4) is 0 Å². The van der Waals surface area contributed by atoms with Gasteiger partial charge in [0.25, 0.3) is 0 Å². The molecule has 0 radical (unpaired) electrons. The molecule has 0 aliphatic rings. The van der Waals surface area contributed by atoms with Crippen LogP contribution in [0.2, 0.25) is 5.02 Å². The van der Waals surface area contributed by atoms with Crippen molar-refractivity contribution in [2.45, 2.75) is 38.5 Å². The zero-order valence-corrected chi connectivity index (χ0v) is 14.5. The van der Waals surface area contributed by atoms with Crippen molar-refractivity contribution in [1.82, 2.24) is 4.98 Å². The van der Waals surface area contributed by atoms with E-state index in [1.807, 2.05) is 6.07 Å². The van der Waals surface area contributed by atoms with Crippen LogP contribution in [0.4, 0.5) is 0 Å². The number of nitrogens with zero attached hydrogens (tertiary/aromatic N) is 1. The fraction of sp³-hybridized carbons (Fsp3) is 0.400. The number of fused-ring (bicyclic) bond motifs is 1. The van der Waals surface area contributed by atoms with E-state index in [0.717, 1.165) is 29.5 Å². The smallest absolute Gasteiger partial charge is 0.304 e. The zero-order valence-electron chi connectivity index (χ0n) is 12.0. The highest BCUT2D eigenvalue weighted by Crippen LogP contribution is 2.34. The number of rotatable bonds is 7. The second-order valence-electron chi connectivity index (χ2n) is 5.06. The van der Waals surface area contributed by atoms with Gasteiger partial charge in [-0.05, 0) is 30.5 Å². The lowest BCUT2D eigenvalue weighted by atomic mass is 10.1. The largest absolute Gasteiger partial charge is 0.481 e. The molecule has 1 atom stereocenters. The number of aromatic nitrogens is 1. The van der Waals surface area contributed by atoms with E-state index in [2.05, 4.69) is 24.5 Å². The van der Waals surface area contributed by atoms with Crippen LogP contribution in [0.1, 0.15) is 42.7 Å². The van der Waals surface area contributed by atoms with Crippen LogP contribution < -0.4 is 0 Å². The van der Waals surface area contributed by atoms with E-state index < -0.39 is 17.0 Å². The molecule has 0 fully saturated rings. The highest BCUT2D eigenvalue weighted by Gasteiger charge is 2.25. The van der Waals surface area contributed by atoms with Crippen molar-refractivity contribution in [2.24, 2.45) is 0 Å². The average molecular weight is 358 g/mol. The summed E-state index contributed by atoms with van der Waals surface area (Å²) in [6.07, 6.45) is 2.71. The molecule has 0 amide bonds. The second-order valence-corrected chi connectivity index (χ2v) is 6.97. The van der Waals surface area contributed by atoms with Crippen molar-refractivity contribution < 1.29 is 14.7 Å². The Morgan fingerprint density at radius 3 is 2.77 bits per heavy atom. The number of benzene rings is 1. The van der Waals surface area contributed by atoms with Gasteiger partial charge in [-0.25, -0.2) is 4.98 Å². The lowest BCUT2D eigenvalue weighted by Crippen LogP contribution is -2.11. The second kappa shape index (κ2) is 7.44. The molecular weight excluding hydrogens is 342 g/mol. The number of aliphatic carboxylic acids is 1. The number of carboxylic acids is 1. The maximum atomic E-state index is 11.6. The van der Waals surface area contributed by atoms with Gasteiger partial charge in [-0.2, -0.15) is 0 Å². The summed E-state index contributed by atoms with van der Waals surface area (Å²) in [7, 11) is 0. The lowest BCUT2D eigenvalue weighted by molar-refractivity contribution is -0.138. The molecule has 1 heterocycles. The molecule has 1 N–H and O–H groups in total. The van der Waals surface area contributed by atoms with Crippen LogP contribution in [0.25, 0.3) is 10.2 Å². The molecule has 0 spiro atoms. The summed E-state index contributed by atoms with van der Waals surface area (Å²) in [5, 5.41) is 9.57. The number of hydrogen-bond acceptors (Lipinski definition) is 4. The number of hydrogen-bond donors (Lipinski definition) is 2. The minimum Gasteiger partial charge on any atom is -0.481 e. The number of carbonyl (C=O) groups is 2. The first kappa shape index (κ1) is 17.2. The van der Waals surface area contributed by atoms with Crippen LogP contribution in [0.5, 0.6) is 0 Å². The minimum atomic E-state index is -1.05. The van der Waals surface area contributed by atoms with Gasteiger partial charge in [-0.3, -0.25) is 9.59 Å². The molecule has 0 aliphatic carbocycles. The third-order valence-electron chi connectivity index (χ3n) is 3.35. The first-order valence-electron chi connectivity index (χ1n) is 6.95. The van der Waals surface area contributed by atoms with Gasteiger partial charge in [-0.1, -0.05) is 24.9 Å². The van der Waals surface area contributed by atoms with Gasteiger partial charge in [0.05, 0.1) is 22.6 Å². The SMILES string of the molecule is CCCCc1cc2sc(C(CC(=O)O)C(=O)S)nc2cc1Cl. The van der Waals surface area contributed by atoms with Crippen molar-refractivity contribution in [3.63, 3.8) is 0 Å². The van der Waals surface area contributed by atoms with E-state index in [-0.39, 0.29) is 6.42 Å². The van der Waals surface area contributed by atoms with Gasteiger partial charge in [0.15, 0.2) is 5.12 Å². The molecule has 2 rings (SSSR count). The molecule has 1 unspecified atom stereocenters. The van der Waals surface area contributed by atoms with Crippen molar-refractivity contribution >= 4 is 56.9 Å². The minimum absolute atomic E-state index is 0.307. The molecule has 0 aliphatic heterocycles. The van der Waals surface area contributed by atoms with Crippen LogP contribution in [0.15, 0.2) is 12.1 Å². The van der Waals surface area contributed by atoms with Crippen molar-refractivity contribution in [2.75, 3.05) is 0 Å². The number of aryl methyl sites for hydroxylation is 1. The van der Waals surface area contributed by atoms with E-state index in [1.54, 1.807) is 6.07 Å². The molecule has 4 nitrogen and oxygen atoms in total. The number of carbonyl (C=O) groups excluding carboxylic acids is 1. The van der Waals surface area contributed by atoms with Crippen molar-refractivity contribution in [3.05, 3.63) is 27.7 Å². The van der Waals surface area contributed by atoms with Crippen LogP contribution in [-0.4, -0.2) is 21.2 Å². The topological polar surface area (TPSA) is 67.3 Å². The molecule has 22 heavy (non-hydrogen) atoms. The molecule has 118 valence electrons. The summed E-state index contributed by atoms with van der Waals surface area (Å²) in [5.74, 6) is -1.87. The molecule has 2 aromatic rings. The molecule has 0 saturated heterocycles. The summed E-state index contributed by atoms with van der Waals surface area (Å²) < 4.78 is 0.912. The van der Waals surface area contributed by atoms with Crippen LogP contribution in [-0.2, 0) is 16.0 Å². The molecule has 1 aromatic carbocycles. The summed E-state index contributed by atoms with van der Waals surface area (Å²) in [4.78, 5) is 26.8. The lowest BCUT2D eigenvalue weighted by Gasteiger charge is -2.05. The number of halogens is 1. The first-order chi connectivity index (χ1) is 10.4. The van der Waals surface area contributed by atoms with E-state index >= 15 is 0 Å². The highest BCUT2D eigenvalue weighted by atomic mass is 35.5. The number of unbranched alkanes of at least 4 members (excludes halogenated alkanes) is 1. The van der Waals surface area contributed by atoms with E-state index in [4.69, 9.17) is 16.7 Å². The number of carboxylic acid groups (broad SMARTS) is 1. The number of thiazole rings is 1. The maximum absolute atomic E-state index is 11.6. The average Bonchev–Trinajstić information content (AvgIpc) is 2.83. The Morgan fingerprint density at radius 1 is 1.45 bits per heavy atom. The summed E-state index contributed by atoms with van der Waals surface area (Å²) in [6, 6.07) is 3.76. The molecular formula is C15H16ClNO3S2. The van der Waals surface area contributed by atoms with E-state index in [0.29, 0.717) is 15.5 Å². The highest BCUT2D eigenvalue weighted by molar-refractivity contribution is 7.96. The zero-order chi connectivity index (χ0) is 16.3. The van der Waals surface area contributed by atoms with Crippen LogP contribution >= 0.6 is 35.6 Å². The maximum Gasteiger partial charge on any atom is 0.304 e. The Bertz CT molecular complexity index is 714. The predicted octanol–water partition coefficient (Wildman–Crippen LogP) is 4.31.